The van der Waals surface area contributed by atoms with Crippen LogP contribution < -0.4 is 10.7 Å². The minimum Gasteiger partial charge on any atom is -0.503 e. The molecule has 0 bridgehead atoms. The maximum absolute atomic E-state index is 13.9. The van der Waals surface area contributed by atoms with Gasteiger partial charge < -0.3 is 19.9 Å². The van der Waals surface area contributed by atoms with E-state index in [0.29, 0.717) is 25.1 Å². The summed E-state index contributed by atoms with van der Waals surface area (Å²) < 4.78 is 42.3. The van der Waals surface area contributed by atoms with E-state index in [9.17, 15) is 32.7 Å². The van der Waals surface area contributed by atoms with Gasteiger partial charge in [-0.3, -0.25) is 14.4 Å². The van der Waals surface area contributed by atoms with E-state index in [1.165, 1.54) is 10.8 Å². The highest BCUT2D eigenvalue weighted by Gasteiger charge is 2.46. The summed E-state index contributed by atoms with van der Waals surface area (Å²) in [6.45, 7) is 6.15. The molecule has 1 atom stereocenters. The average molecular weight is 477 g/mol. The number of nitrogens with zero attached hydrogens (tertiary/aromatic N) is 2. The number of rotatable bonds is 3. The molecule has 7 nitrogen and oxygen atoms in total. The van der Waals surface area contributed by atoms with Crippen LogP contribution in [0.25, 0.3) is 0 Å². The van der Waals surface area contributed by atoms with Crippen LogP contribution in [0.1, 0.15) is 66.4 Å². The van der Waals surface area contributed by atoms with Crippen LogP contribution in [0.2, 0.25) is 0 Å². The highest BCUT2D eigenvalue weighted by atomic mass is 19.1. The minimum absolute atomic E-state index is 0.129. The van der Waals surface area contributed by atoms with E-state index < -0.39 is 63.7 Å². The molecule has 1 fully saturated rings. The lowest BCUT2D eigenvalue weighted by Crippen LogP contribution is -2.58. The first-order chi connectivity index (χ1) is 15.8. The lowest BCUT2D eigenvalue weighted by molar-refractivity contribution is 0.0267. The van der Waals surface area contributed by atoms with Gasteiger partial charge in [0, 0.05) is 43.5 Å². The summed E-state index contributed by atoms with van der Waals surface area (Å²) in [5, 5.41) is 12.8. The fourth-order valence-corrected chi connectivity index (χ4v) is 4.92. The monoisotopic (exact) mass is 477 g/mol. The third kappa shape index (κ3) is 4.05. The molecule has 182 valence electrons. The number of fused-ring (bicyclic) bond motifs is 2. The van der Waals surface area contributed by atoms with Gasteiger partial charge in [-0.2, -0.15) is 0 Å². The Labute approximate surface area is 194 Å². The molecule has 2 aliphatic rings. The molecule has 3 heterocycles. The standard InChI is InChI=1S/C24H26F3N3O4/c1-23(2)5-4-6-24(3)12-29-10-15(19(31)20(32)18(29)22(34)30(24)11-23)21(33)28-9-14-16(26)7-13(25)8-17(14)27/h7-8,10,32H,4-6,9,11-12H2,1-3H3,(H,28,33)/t24-/m0/s1. The van der Waals surface area contributed by atoms with Gasteiger partial charge >= 0.3 is 0 Å². The van der Waals surface area contributed by atoms with Gasteiger partial charge in [-0.15, -0.1) is 0 Å². The molecular weight excluding hydrogens is 451 g/mol. The molecule has 0 spiro atoms. The van der Waals surface area contributed by atoms with Crippen LogP contribution in [0.5, 0.6) is 5.75 Å². The van der Waals surface area contributed by atoms with Crippen molar-refractivity contribution in [3.63, 3.8) is 0 Å². The summed E-state index contributed by atoms with van der Waals surface area (Å²) in [4.78, 5) is 40.5. The summed E-state index contributed by atoms with van der Waals surface area (Å²) in [5.41, 5.74) is -2.99. The summed E-state index contributed by atoms with van der Waals surface area (Å²) in [7, 11) is 0. The molecule has 0 aliphatic carbocycles. The van der Waals surface area contributed by atoms with Gasteiger partial charge in [0.25, 0.3) is 11.8 Å². The predicted molar refractivity (Wildman–Crippen MR) is 117 cm³/mol. The van der Waals surface area contributed by atoms with Gasteiger partial charge in [0.05, 0.1) is 5.54 Å². The molecule has 2 aliphatic heterocycles. The van der Waals surface area contributed by atoms with Crippen molar-refractivity contribution in [1.82, 2.24) is 14.8 Å². The molecule has 0 radical (unpaired) electrons. The molecule has 4 rings (SSSR count). The van der Waals surface area contributed by atoms with Gasteiger partial charge in [0.1, 0.15) is 23.0 Å². The zero-order valence-electron chi connectivity index (χ0n) is 19.2. The highest BCUT2D eigenvalue weighted by Crippen LogP contribution is 2.40. The van der Waals surface area contributed by atoms with Crippen LogP contribution in [0.15, 0.2) is 23.1 Å². The van der Waals surface area contributed by atoms with Crippen molar-refractivity contribution < 1.29 is 27.9 Å². The average Bonchev–Trinajstić information content (AvgIpc) is 2.84. The number of hydrogen-bond acceptors (Lipinski definition) is 4. The number of carbonyl (C=O) groups excluding carboxylic acids is 2. The molecular formula is C24H26F3N3O4. The first kappa shape index (κ1) is 23.8. The van der Waals surface area contributed by atoms with Crippen molar-refractivity contribution in [3.8, 4) is 5.75 Å². The number of nitrogens with one attached hydrogen (secondary N) is 1. The number of hydrogen-bond donors (Lipinski definition) is 2. The van der Waals surface area contributed by atoms with E-state index in [4.69, 9.17) is 0 Å². The van der Waals surface area contributed by atoms with E-state index in [1.807, 2.05) is 6.92 Å². The number of halogens is 3. The first-order valence-electron chi connectivity index (χ1n) is 11.0. The zero-order valence-corrected chi connectivity index (χ0v) is 19.2. The van der Waals surface area contributed by atoms with Gasteiger partial charge in [-0.25, -0.2) is 13.2 Å². The normalized spacial score (nSPS) is 21.5. The van der Waals surface area contributed by atoms with Gasteiger partial charge in [-0.05, 0) is 25.2 Å². The van der Waals surface area contributed by atoms with Gasteiger partial charge in [-0.1, -0.05) is 20.3 Å². The zero-order chi connectivity index (χ0) is 25.0. The van der Waals surface area contributed by atoms with Crippen LogP contribution in [0, 0.1) is 22.9 Å². The summed E-state index contributed by atoms with van der Waals surface area (Å²) >= 11 is 0. The number of carbonyl (C=O) groups is 2. The molecule has 2 N–H and O–H groups in total. The van der Waals surface area contributed by atoms with Crippen LogP contribution >= 0.6 is 0 Å². The lowest BCUT2D eigenvalue weighted by Gasteiger charge is -2.46. The van der Waals surface area contributed by atoms with Crippen LogP contribution in [-0.4, -0.2) is 38.5 Å². The van der Waals surface area contributed by atoms with E-state index in [-0.39, 0.29) is 17.7 Å². The smallest absolute Gasteiger partial charge is 0.275 e. The van der Waals surface area contributed by atoms with Crippen molar-refractivity contribution in [3.05, 3.63) is 62.8 Å². The van der Waals surface area contributed by atoms with Crippen molar-refractivity contribution in [2.24, 2.45) is 5.41 Å². The number of aromatic nitrogens is 1. The minimum atomic E-state index is -1.18. The second-order valence-electron chi connectivity index (χ2n) is 10.1. The Morgan fingerprint density at radius 1 is 1.09 bits per heavy atom. The Morgan fingerprint density at radius 3 is 2.38 bits per heavy atom. The summed E-state index contributed by atoms with van der Waals surface area (Å²) in [5.74, 6) is -5.78. The van der Waals surface area contributed by atoms with Crippen LogP contribution in [0.4, 0.5) is 13.2 Å². The Bertz CT molecular complexity index is 1230. The number of amides is 2. The number of aromatic hydroxyl groups is 1. The third-order valence-corrected chi connectivity index (χ3v) is 6.80. The fourth-order valence-electron chi connectivity index (χ4n) is 4.92. The van der Waals surface area contributed by atoms with Crippen molar-refractivity contribution >= 4 is 11.8 Å². The second-order valence-corrected chi connectivity index (χ2v) is 10.1. The SMILES string of the molecule is CC1(C)CCC[C@@]2(C)Cn3cc(C(=O)NCc4c(F)cc(F)cc4F)c(=O)c(O)c3C(=O)N2C1. The first-order valence-corrected chi connectivity index (χ1v) is 11.0. The molecule has 0 unspecified atom stereocenters. The summed E-state index contributed by atoms with van der Waals surface area (Å²) in [6, 6.07) is 0.965. The second kappa shape index (κ2) is 8.18. The molecule has 2 amide bonds. The van der Waals surface area contributed by atoms with E-state index in [1.54, 1.807) is 4.90 Å². The Balaban J connectivity index is 1.67. The van der Waals surface area contributed by atoms with E-state index >= 15 is 0 Å². The maximum atomic E-state index is 13.9. The molecule has 34 heavy (non-hydrogen) atoms. The van der Waals surface area contributed by atoms with E-state index in [0.717, 1.165) is 12.8 Å². The van der Waals surface area contributed by atoms with Crippen molar-refractivity contribution in [2.75, 3.05) is 6.54 Å². The molecule has 1 aromatic heterocycles. The van der Waals surface area contributed by atoms with Crippen molar-refractivity contribution in [1.29, 1.82) is 0 Å². The molecule has 1 aromatic carbocycles. The Hall–Kier alpha value is -3.30. The van der Waals surface area contributed by atoms with Crippen LogP contribution in [-0.2, 0) is 13.1 Å². The predicted octanol–water partition coefficient (Wildman–Crippen LogP) is 3.33. The quantitative estimate of drug-likeness (QED) is 0.710. The molecule has 0 saturated carbocycles. The van der Waals surface area contributed by atoms with Gasteiger partial charge in [0.15, 0.2) is 11.4 Å². The maximum Gasteiger partial charge on any atom is 0.275 e. The van der Waals surface area contributed by atoms with Crippen LogP contribution in [0.3, 0.4) is 0 Å². The van der Waals surface area contributed by atoms with Crippen molar-refractivity contribution in [2.45, 2.75) is 58.7 Å². The highest BCUT2D eigenvalue weighted by molar-refractivity contribution is 5.99. The third-order valence-electron chi connectivity index (χ3n) is 6.80. The van der Waals surface area contributed by atoms with Gasteiger partial charge in [0.2, 0.25) is 5.43 Å². The molecule has 2 aromatic rings. The Morgan fingerprint density at radius 2 is 1.74 bits per heavy atom. The molecule has 1 saturated heterocycles. The topological polar surface area (TPSA) is 91.6 Å². The lowest BCUT2D eigenvalue weighted by atomic mass is 9.88. The largest absolute Gasteiger partial charge is 0.503 e. The summed E-state index contributed by atoms with van der Waals surface area (Å²) in [6.07, 6.45) is 3.70. The molecule has 10 heteroatoms. The van der Waals surface area contributed by atoms with E-state index in [2.05, 4.69) is 19.2 Å². The fraction of sp³-hybridized carbons (Fsp3) is 0.458. The number of benzene rings is 1. The number of pyridine rings is 1. The Kier molecular flexibility index (Phi) is 5.73.